The average molecular weight is 412 g/mol. The van der Waals surface area contributed by atoms with Gasteiger partial charge in [-0.15, -0.1) is 0 Å². The minimum Gasteiger partial charge on any atom is -0.352 e. The number of rotatable bonds is 8. The van der Waals surface area contributed by atoms with Gasteiger partial charge in [0, 0.05) is 31.1 Å². The van der Waals surface area contributed by atoms with Gasteiger partial charge in [-0.2, -0.15) is 0 Å². The molecule has 1 amide bonds. The van der Waals surface area contributed by atoms with E-state index in [4.69, 9.17) is 11.6 Å². The van der Waals surface area contributed by atoms with Crippen LogP contribution in [0, 0.1) is 17.0 Å². The molecule has 0 atom stereocenters. The third-order valence-electron chi connectivity index (χ3n) is 3.77. The van der Waals surface area contributed by atoms with Gasteiger partial charge in [0.1, 0.15) is 0 Å². The molecule has 0 heterocycles. The predicted molar refractivity (Wildman–Crippen MR) is 101 cm³/mol. The van der Waals surface area contributed by atoms with Crippen molar-refractivity contribution in [2.45, 2.75) is 24.8 Å². The number of benzene rings is 2. The van der Waals surface area contributed by atoms with Gasteiger partial charge in [0.25, 0.3) is 5.69 Å². The average Bonchev–Trinajstić information content (AvgIpc) is 2.62. The standard InChI is InChI=1S/C17H18ClN3O5S/c1-12-15(18)9-14(10-16(12)21(23)24)27(25,26)20-8-7-17(22)19-11-13-5-3-2-4-6-13/h2-6,9-10,20H,7-8,11H2,1H3,(H,19,22). The lowest BCUT2D eigenvalue weighted by molar-refractivity contribution is -0.385. The zero-order valence-electron chi connectivity index (χ0n) is 14.4. The maximum atomic E-state index is 12.3. The van der Waals surface area contributed by atoms with Crippen LogP contribution >= 0.6 is 11.6 Å². The highest BCUT2D eigenvalue weighted by molar-refractivity contribution is 7.89. The van der Waals surface area contributed by atoms with Gasteiger partial charge in [-0.3, -0.25) is 14.9 Å². The number of carbonyl (C=O) groups excluding carboxylic acids is 1. The summed E-state index contributed by atoms with van der Waals surface area (Å²) in [4.78, 5) is 21.8. The second-order valence-corrected chi connectivity index (χ2v) is 7.89. The number of nitrogens with zero attached hydrogens (tertiary/aromatic N) is 1. The van der Waals surface area contributed by atoms with Crippen molar-refractivity contribution in [1.29, 1.82) is 0 Å². The zero-order valence-corrected chi connectivity index (χ0v) is 16.0. The molecular formula is C17H18ClN3O5S. The second kappa shape index (κ2) is 8.94. The van der Waals surface area contributed by atoms with E-state index in [1.54, 1.807) is 0 Å². The molecule has 0 saturated heterocycles. The fourth-order valence-corrected chi connectivity index (χ4v) is 3.61. The van der Waals surface area contributed by atoms with Crippen LogP contribution in [0.1, 0.15) is 17.5 Å². The van der Waals surface area contributed by atoms with Gasteiger partial charge in [0.05, 0.1) is 14.8 Å². The Morgan fingerprint density at radius 3 is 2.52 bits per heavy atom. The molecule has 0 saturated carbocycles. The first-order valence-electron chi connectivity index (χ1n) is 7.95. The molecule has 0 aliphatic rings. The molecule has 2 rings (SSSR count). The summed E-state index contributed by atoms with van der Waals surface area (Å²) in [5, 5.41) is 13.7. The number of carbonyl (C=O) groups is 1. The molecule has 0 bridgehead atoms. The molecule has 2 N–H and O–H groups in total. The van der Waals surface area contributed by atoms with Crippen molar-refractivity contribution in [1.82, 2.24) is 10.0 Å². The Hall–Kier alpha value is -2.49. The van der Waals surface area contributed by atoms with Gasteiger partial charge in [0.2, 0.25) is 15.9 Å². The molecule has 2 aromatic rings. The summed E-state index contributed by atoms with van der Waals surface area (Å²) < 4.78 is 26.9. The highest BCUT2D eigenvalue weighted by Gasteiger charge is 2.22. The lowest BCUT2D eigenvalue weighted by Gasteiger charge is -2.09. The minimum absolute atomic E-state index is 0.0230. The van der Waals surface area contributed by atoms with Gasteiger partial charge in [-0.1, -0.05) is 41.9 Å². The van der Waals surface area contributed by atoms with Gasteiger partial charge in [0.15, 0.2) is 0 Å². The first-order chi connectivity index (χ1) is 12.7. The molecule has 144 valence electrons. The van der Waals surface area contributed by atoms with E-state index >= 15 is 0 Å². The molecule has 0 aromatic heterocycles. The Kier molecular flexibility index (Phi) is 6.89. The van der Waals surface area contributed by atoms with Crippen LogP contribution < -0.4 is 10.0 Å². The Morgan fingerprint density at radius 2 is 1.89 bits per heavy atom. The van der Waals surface area contributed by atoms with Crippen LogP contribution in [-0.4, -0.2) is 25.8 Å². The molecule has 8 nitrogen and oxygen atoms in total. The van der Waals surface area contributed by atoms with E-state index in [0.29, 0.717) is 6.54 Å². The number of halogens is 1. The summed E-state index contributed by atoms with van der Waals surface area (Å²) in [6.07, 6.45) is -0.0756. The van der Waals surface area contributed by atoms with Crippen LogP contribution in [0.3, 0.4) is 0 Å². The first kappa shape index (κ1) is 20.8. The maximum absolute atomic E-state index is 12.3. The zero-order chi connectivity index (χ0) is 20.0. The third-order valence-corrected chi connectivity index (χ3v) is 5.61. The van der Waals surface area contributed by atoms with Crippen molar-refractivity contribution in [2.24, 2.45) is 0 Å². The van der Waals surface area contributed by atoms with Crippen molar-refractivity contribution >= 4 is 33.2 Å². The number of nitrogens with one attached hydrogen (secondary N) is 2. The number of nitro benzene ring substituents is 1. The number of nitro groups is 1. The molecule has 10 heteroatoms. The summed E-state index contributed by atoms with van der Waals surface area (Å²) in [5.74, 6) is -0.325. The van der Waals surface area contributed by atoms with Gasteiger partial charge in [-0.05, 0) is 18.6 Å². The lowest BCUT2D eigenvalue weighted by Crippen LogP contribution is -2.30. The first-order valence-corrected chi connectivity index (χ1v) is 9.81. The van der Waals surface area contributed by atoms with E-state index < -0.39 is 14.9 Å². The summed E-state index contributed by atoms with van der Waals surface area (Å²) in [6, 6.07) is 11.4. The Morgan fingerprint density at radius 1 is 1.22 bits per heavy atom. The van der Waals surface area contributed by atoms with Crippen molar-refractivity contribution in [2.75, 3.05) is 6.54 Å². The summed E-state index contributed by atoms with van der Waals surface area (Å²) in [5.41, 5.74) is 0.720. The summed E-state index contributed by atoms with van der Waals surface area (Å²) >= 11 is 5.89. The van der Waals surface area contributed by atoms with E-state index in [9.17, 15) is 23.3 Å². The minimum atomic E-state index is -4.04. The van der Waals surface area contributed by atoms with E-state index in [-0.39, 0.29) is 40.0 Å². The van der Waals surface area contributed by atoms with Crippen molar-refractivity contribution in [3.8, 4) is 0 Å². The predicted octanol–water partition coefficient (Wildman–Crippen LogP) is 2.54. The number of sulfonamides is 1. The topological polar surface area (TPSA) is 118 Å². The smallest absolute Gasteiger partial charge is 0.275 e. The number of amides is 1. The summed E-state index contributed by atoms with van der Waals surface area (Å²) in [6.45, 7) is 1.62. The van der Waals surface area contributed by atoms with Crippen LogP contribution in [0.25, 0.3) is 0 Å². The monoisotopic (exact) mass is 411 g/mol. The number of hydrogen-bond acceptors (Lipinski definition) is 5. The summed E-state index contributed by atoms with van der Waals surface area (Å²) in [7, 11) is -4.04. The van der Waals surface area contributed by atoms with E-state index in [2.05, 4.69) is 10.0 Å². The molecule has 0 radical (unpaired) electrons. The van der Waals surface area contributed by atoms with E-state index in [0.717, 1.165) is 17.7 Å². The lowest BCUT2D eigenvalue weighted by atomic mass is 10.2. The molecule has 0 spiro atoms. The quantitative estimate of drug-likeness (QED) is 0.511. The third kappa shape index (κ3) is 5.75. The molecule has 27 heavy (non-hydrogen) atoms. The van der Waals surface area contributed by atoms with Crippen LogP contribution in [0.2, 0.25) is 5.02 Å². The fourth-order valence-electron chi connectivity index (χ4n) is 2.25. The fraction of sp³-hybridized carbons (Fsp3) is 0.235. The van der Waals surface area contributed by atoms with Crippen molar-refractivity contribution < 1.29 is 18.1 Å². The van der Waals surface area contributed by atoms with Gasteiger partial charge in [-0.25, -0.2) is 13.1 Å². The van der Waals surface area contributed by atoms with Gasteiger partial charge >= 0.3 is 0 Å². The van der Waals surface area contributed by atoms with Crippen LogP contribution in [0.5, 0.6) is 0 Å². The molecule has 0 aliphatic heterocycles. The normalized spacial score (nSPS) is 11.2. The molecule has 0 unspecified atom stereocenters. The molecular weight excluding hydrogens is 394 g/mol. The second-order valence-electron chi connectivity index (χ2n) is 5.72. The van der Waals surface area contributed by atoms with Crippen LogP contribution in [-0.2, 0) is 21.4 Å². The SMILES string of the molecule is Cc1c(Cl)cc(S(=O)(=O)NCCC(=O)NCc2ccccc2)cc1[N+](=O)[O-]. The van der Waals surface area contributed by atoms with Crippen molar-refractivity contribution in [3.63, 3.8) is 0 Å². The Balaban J connectivity index is 1.95. The molecule has 0 aliphatic carbocycles. The number of hydrogen-bond donors (Lipinski definition) is 2. The molecule has 0 fully saturated rings. The Labute approximate surface area is 161 Å². The van der Waals surface area contributed by atoms with Crippen molar-refractivity contribution in [3.05, 3.63) is 68.7 Å². The highest BCUT2D eigenvalue weighted by Crippen LogP contribution is 2.29. The van der Waals surface area contributed by atoms with Gasteiger partial charge < -0.3 is 5.32 Å². The van der Waals surface area contributed by atoms with Crippen LogP contribution in [0.4, 0.5) is 5.69 Å². The largest absolute Gasteiger partial charge is 0.352 e. The van der Waals surface area contributed by atoms with Crippen LogP contribution in [0.15, 0.2) is 47.4 Å². The van der Waals surface area contributed by atoms with E-state index in [1.807, 2.05) is 30.3 Å². The molecule has 2 aromatic carbocycles. The van der Waals surface area contributed by atoms with E-state index in [1.165, 1.54) is 6.92 Å². The maximum Gasteiger partial charge on any atom is 0.275 e. The Bertz CT molecular complexity index is 949. The highest BCUT2D eigenvalue weighted by atomic mass is 35.5.